The fourth-order valence-corrected chi connectivity index (χ4v) is 2.73. The average Bonchev–Trinajstić information content (AvgIpc) is 2.33. The van der Waals surface area contributed by atoms with Crippen molar-refractivity contribution < 1.29 is 0 Å². The smallest absolute Gasteiger partial charge is 0.0731 e. The Bertz CT molecular complexity index is 243. The van der Waals surface area contributed by atoms with Gasteiger partial charge in [0.2, 0.25) is 0 Å². The summed E-state index contributed by atoms with van der Waals surface area (Å²) in [4.78, 5) is 1.29. The molecule has 0 aliphatic heterocycles. The highest BCUT2D eigenvalue weighted by Crippen LogP contribution is 2.31. The molecule has 0 spiro atoms. The third kappa shape index (κ3) is 3.58. The average molecular weight is 285 g/mol. The van der Waals surface area contributed by atoms with Gasteiger partial charge in [0.1, 0.15) is 0 Å². The highest BCUT2D eigenvalue weighted by atomic mass is 79.9. The van der Waals surface area contributed by atoms with E-state index in [-0.39, 0.29) is 18.4 Å². The van der Waals surface area contributed by atoms with E-state index >= 15 is 0 Å². The molecule has 0 radical (unpaired) electrons. The fraction of sp³-hybridized carbons (Fsp3) is 0.556. The minimum atomic E-state index is 0. The Kier molecular flexibility index (Phi) is 6.21. The molecule has 13 heavy (non-hydrogen) atoms. The summed E-state index contributed by atoms with van der Waals surface area (Å²) in [6.45, 7) is 4.26. The van der Waals surface area contributed by atoms with Crippen LogP contribution in [0.4, 0.5) is 0 Å². The molecule has 0 saturated heterocycles. The zero-order valence-corrected chi connectivity index (χ0v) is 11.1. The number of thiophene rings is 1. The molecule has 1 aromatic heterocycles. The molecule has 0 saturated carbocycles. The fourth-order valence-electron chi connectivity index (χ4n) is 1.12. The third-order valence-electron chi connectivity index (χ3n) is 1.84. The maximum absolute atomic E-state index is 5.98. The molecule has 0 amide bonds. The summed E-state index contributed by atoms with van der Waals surface area (Å²) in [6, 6.07) is 2.40. The second-order valence-electron chi connectivity index (χ2n) is 3.00. The number of hydrogen-bond acceptors (Lipinski definition) is 2. The summed E-state index contributed by atoms with van der Waals surface area (Å²) >= 11 is 5.25. The first kappa shape index (κ1) is 13.4. The maximum atomic E-state index is 5.98. The molecule has 2 N–H and O–H groups in total. The van der Waals surface area contributed by atoms with Crippen molar-refractivity contribution in [2.75, 3.05) is 0 Å². The molecular weight excluding hydrogens is 270 g/mol. The van der Waals surface area contributed by atoms with Crippen LogP contribution in [-0.4, -0.2) is 0 Å². The molecule has 0 aromatic carbocycles. The Morgan fingerprint density at radius 2 is 2.23 bits per heavy atom. The molecule has 1 nitrogen and oxygen atoms in total. The lowest BCUT2D eigenvalue weighted by Crippen LogP contribution is -2.07. The van der Waals surface area contributed by atoms with E-state index in [0.29, 0.717) is 0 Å². The van der Waals surface area contributed by atoms with Crippen molar-refractivity contribution in [2.45, 2.75) is 32.7 Å². The SMILES string of the molecule is CCC[C@H](N)c1cc(C)c(Br)s1.Cl. The van der Waals surface area contributed by atoms with E-state index in [2.05, 4.69) is 35.8 Å². The zero-order valence-electron chi connectivity index (χ0n) is 7.84. The summed E-state index contributed by atoms with van der Waals surface area (Å²) in [7, 11) is 0. The van der Waals surface area contributed by atoms with Crippen LogP contribution in [0.5, 0.6) is 0 Å². The van der Waals surface area contributed by atoms with E-state index in [1.54, 1.807) is 11.3 Å². The Hall–Kier alpha value is 0.430. The van der Waals surface area contributed by atoms with Gasteiger partial charge < -0.3 is 5.73 Å². The summed E-state index contributed by atoms with van der Waals surface area (Å²) in [5.41, 5.74) is 7.27. The van der Waals surface area contributed by atoms with Gasteiger partial charge in [-0.05, 0) is 40.9 Å². The van der Waals surface area contributed by atoms with E-state index in [4.69, 9.17) is 5.73 Å². The standard InChI is InChI=1S/C9H14BrNS.ClH/c1-3-4-7(11)8-5-6(2)9(10)12-8;/h5,7H,3-4,11H2,1-2H3;1H/t7-;/m0./s1. The molecule has 1 atom stereocenters. The lowest BCUT2D eigenvalue weighted by molar-refractivity contribution is 0.648. The highest BCUT2D eigenvalue weighted by Gasteiger charge is 2.09. The maximum Gasteiger partial charge on any atom is 0.0731 e. The van der Waals surface area contributed by atoms with Gasteiger partial charge in [0.15, 0.2) is 0 Å². The summed E-state index contributed by atoms with van der Waals surface area (Å²) in [6.07, 6.45) is 2.22. The molecule has 0 bridgehead atoms. The zero-order chi connectivity index (χ0) is 9.14. The Morgan fingerprint density at radius 3 is 2.62 bits per heavy atom. The van der Waals surface area contributed by atoms with Crippen LogP contribution in [-0.2, 0) is 0 Å². The molecular formula is C9H15BrClNS. The predicted molar refractivity (Wildman–Crippen MR) is 65.8 cm³/mol. The number of hydrogen-bond donors (Lipinski definition) is 1. The summed E-state index contributed by atoms with van der Waals surface area (Å²) in [5, 5.41) is 0. The van der Waals surface area contributed by atoms with Crippen molar-refractivity contribution in [1.29, 1.82) is 0 Å². The van der Waals surface area contributed by atoms with E-state index in [0.717, 1.165) is 12.8 Å². The van der Waals surface area contributed by atoms with Gasteiger partial charge >= 0.3 is 0 Å². The minimum Gasteiger partial charge on any atom is -0.323 e. The second-order valence-corrected chi connectivity index (χ2v) is 5.40. The van der Waals surface area contributed by atoms with Crippen molar-refractivity contribution in [2.24, 2.45) is 5.73 Å². The van der Waals surface area contributed by atoms with E-state index in [1.165, 1.54) is 14.2 Å². The van der Waals surface area contributed by atoms with Crippen molar-refractivity contribution in [1.82, 2.24) is 0 Å². The molecule has 1 aromatic rings. The third-order valence-corrected chi connectivity index (χ3v) is 4.11. The Balaban J connectivity index is 0.00000144. The van der Waals surface area contributed by atoms with Gasteiger partial charge in [-0.2, -0.15) is 0 Å². The van der Waals surface area contributed by atoms with Crippen LogP contribution in [0.3, 0.4) is 0 Å². The molecule has 0 aliphatic rings. The first-order valence-electron chi connectivity index (χ1n) is 4.16. The topological polar surface area (TPSA) is 26.0 Å². The minimum absolute atomic E-state index is 0. The van der Waals surface area contributed by atoms with Gasteiger partial charge in [-0.1, -0.05) is 13.3 Å². The molecule has 0 aliphatic carbocycles. The van der Waals surface area contributed by atoms with Gasteiger partial charge in [0, 0.05) is 10.9 Å². The van der Waals surface area contributed by atoms with E-state index in [9.17, 15) is 0 Å². The summed E-state index contributed by atoms with van der Waals surface area (Å²) < 4.78 is 1.21. The number of halogens is 2. The van der Waals surface area contributed by atoms with Crippen LogP contribution in [0.15, 0.2) is 9.85 Å². The van der Waals surface area contributed by atoms with Gasteiger partial charge in [-0.3, -0.25) is 0 Å². The van der Waals surface area contributed by atoms with Gasteiger partial charge in [-0.15, -0.1) is 23.7 Å². The van der Waals surface area contributed by atoms with Crippen molar-refractivity contribution in [3.63, 3.8) is 0 Å². The molecule has 1 heterocycles. The first-order valence-corrected chi connectivity index (χ1v) is 5.77. The summed E-state index contributed by atoms with van der Waals surface area (Å²) in [5.74, 6) is 0. The van der Waals surface area contributed by atoms with Crippen molar-refractivity contribution >= 4 is 39.7 Å². The van der Waals surface area contributed by atoms with Crippen LogP contribution in [0.1, 0.15) is 36.2 Å². The van der Waals surface area contributed by atoms with E-state index in [1.807, 2.05) is 0 Å². The van der Waals surface area contributed by atoms with Crippen LogP contribution >= 0.6 is 39.7 Å². The van der Waals surface area contributed by atoms with Crippen LogP contribution in [0.2, 0.25) is 0 Å². The largest absolute Gasteiger partial charge is 0.323 e. The van der Waals surface area contributed by atoms with Crippen molar-refractivity contribution in [3.05, 3.63) is 20.3 Å². The first-order chi connectivity index (χ1) is 5.65. The quantitative estimate of drug-likeness (QED) is 0.890. The highest BCUT2D eigenvalue weighted by molar-refractivity contribution is 9.11. The lowest BCUT2D eigenvalue weighted by Gasteiger charge is -2.05. The van der Waals surface area contributed by atoms with E-state index < -0.39 is 0 Å². The molecule has 1 rings (SSSR count). The van der Waals surface area contributed by atoms with Gasteiger partial charge in [0.05, 0.1) is 3.79 Å². The van der Waals surface area contributed by atoms with Gasteiger partial charge in [0.25, 0.3) is 0 Å². The molecule has 0 fully saturated rings. The predicted octanol–water partition coefficient (Wildman–Crippen LogP) is 4.04. The Morgan fingerprint density at radius 1 is 1.62 bits per heavy atom. The second kappa shape index (κ2) is 6.02. The monoisotopic (exact) mass is 283 g/mol. The number of rotatable bonds is 3. The number of aryl methyl sites for hydroxylation is 1. The van der Waals surface area contributed by atoms with Crippen LogP contribution in [0.25, 0.3) is 0 Å². The normalized spacial score (nSPS) is 12.3. The lowest BCUT2D eigenvalue weighted by atomic mass is 10.1. The van der Waals surface area contributed by atoms with Crippen LogP contribution in [0, 0.1) is 6.92 Å². The molecule has 4 heteroatoms. The van der Waals surface area contributed by atoms with Gasteiger partial charge in [-0.25, -0.2) is 0 Å². The van der Waals surface area contributed by atoms with Crippen molar-refractivity contribution in [3.8, 4) is 0 Å². The Labute approximate surface area is 98.3 Å². The van der Waals surface area contributed by atoms with Crippen LogP contribution < -0.4 is 5.73 Å². The molecule has 76 valence electrons. The number of nitrogens with two attached hydrogens (primary N) is 1. The molecule has 0 unspecified atom stereocenters.